The zero-order valence-electron chi connectivity index (χ0n) is 13.8. The molecule has 1 atom stereocenters. The van der Waals surface area contributed by atoms with Gasteiger partial charge in [0.15, 0.2) is 0 Å². The molecule has 7 heteroatoms. The first kappa shape index (κ1) is 17.7. The van der Waals surface area contributed by atoms with E-state index in [4.69, 9.17) is 0 Å². The smallest absolute Gasteiger partial charge is 0.261 e. The largest absolute Gasteiger partial charge is 0.349 e. The third-order valence-electron chi connectivity index (χ3n) is 3.86. The van der Waals surface area contributed by atoms with Gasteiger partial charge in [0.25, 0.3) is 5.91 Å². The van der Waals surface area contributed by atoms with Crippen LogP contribution < -0.4 is 9.62 Å². The normalized spacial score (nSPS) is 13.0. The molecule has 23 heavy (non-hydrogen) atoms. The quantitative estimate of drug-likeness (QED) is 0.866. The van der Waals surface area contributed by atoms with Gasteiger partial charge in [0.2, 0.25) is 10.0 Å². The van der Waals surface area contributed by atoms with Crippen LogP contribution in [0, 0.1) is 0 Å². The number of anilines is 1. The average molecular weight is 354 g/mol. The Labute approximate surface area is 141 Å². The van der Waals surface area contributed by atoms with E-state index in [1.807, 2.05) is 26.0 Å². The maximum absolute atomic E-state index is 12.2. The van der Waals surface area contributed by atoms with E-state index in [0.717, 1.165) is 16.5 Å². The van der Waals surface area contributed by atoms with E-state index >= 15 is 0 Å². The van der Waals surface area contributed by atoms with Crippen LogP contribution in [0.25, 0.3) is 10.1 Å². The third-order valence-corrected chi connectivity index (χ3v) is 6.75. The van der Waals surface area contributed by atoms with Crippen LogP contribution in [0.1, 0.15) is 36.9 Å². The maximum Gasteiger partial charge on any atom is 0.261 e. The summed E-state index contributed by atoms with van der Waals surface area (Å²) in [6.07, 6.45) is 0.875. The second-order valence-electron chi connectivity index (χ2n) is 5.48. The molecule has 0 aliphatic carbocycles. The summed E-state index contributed by atoms with van der Waals surface area (Å²) < 4.78 is 26.2. The van der Waals surface area contributed by atoms with Gasteiger partial charge in [0, 0.05) is 17.8 Å². The Balaban J connectivity index is 2.33. The Morgan fingerprint density at radius 1 is 1.30 bits per heavy atom. The van der Waals surface area contributed by atoms with Crippen LogP contribution in [0.2, 0.25) is 0 Å². The first-order valence-corrected chi connectivity index (χ1v) is 10.0. The van der Waals surface area contributed by atoms with Gasteiger partial charge in [0.05, 0.1) is 16.3 Å². The van der Waals surface area contributed by atoms with E-state index in [1.54, 1.807) is 26.1 Å². The second kappa shape index (κ2) is 6.88. The monoisotopic (exact) mass is 354 g/mol. The van der Waals surface area contributed by atoms with Crippen molar-refractivity contribution < 1.29 is 13.2 Å². The summed E-state index contributed by atoms with van der Waals surface area (Å²) in [5, 5.41) is 3.82. The Bertz CT molecular complexity index is 812. The topological polar surface area (TPSA) is 66.5 Å². The summed E-state index contributed by atoms with van der Waals surface area (Å²) >= 11 is 1.41. The predicted octanol–water partition coefficient (Wildman–Crippen LogP) is 3.22. The van der Waals surface area contributed by atoms with Crippen LogP contribution in [0.3, 0.4) is 0 Å². The Kier molecular flexibility index (Phi) is 5.31. The SMILES string of the molecule is CCC(C)NC(=O)c1cc2cc(N(C)S(=O)(=O)CC)ccc2s1. The van der Waals surface area contributed by atoms with Crippen LogP contribution in [0.5, 0.6) is 0 Å². The molecule has 2 rings (SSSR count). The molecular weight excluding hydrogens is 332 g/mol. The minimum absolute atomic E-state index is 0.0493. The van der Waals surface area contributed by atoms with Crippen LogP contribution >= 0.6 is 11.3 Å². The Morgan fingerprint density at radius 3 is 2.61 bits per heavy atom. The number of carbonyl (C=O) groups is 1. The van der Waals surface area contributed by atoms with Crippen molar-refractivity contribution in [2.75, 3.05) is 17.1 Å². The summed E-state index contributed by atoms with van der Waals surface area (Å²) in [5.74, 6) is -0.0371. The van der Waals surface area contributed by atoms with E-state index < -0.39 is 10.0 Å². The Morgan fingerprint density at radius 2 is 2.00 bits per heavy atom. The molecule has 0 aliphatic rings. The molecule has 0 aliphatic heterocycles. The van der Waals surface area contributed by atoms with Gasteiger partial charge in [-0.15, -0.1) is 11.3 Å². The zero-order valence-corrected chi connectivity index (χ0v) is 15.4. The fraction of sp³-hybridized carbons (Fsp3) is 0.438. The summed E-state index contributed by atoms with van der Waals surface area (Å²) in [7, 11) is -1.75. The molecule has 0 saturated carbocycles. The molecule has 1 unspecified atom stereocenters. The minimum Gasteiger partial charge on any atom is -0.349 e. The molecule has 0 bridgehead atoms. The highest BCUT2D eigenvalue weighted by atomic mass is 32.2. The van der Waals surface area contributed by atoms with Gasteiger partial charge in [0.1, 0.15) is 0 Å². The highest BCUT2D eigenvalue weighted by Gasteiger charge is 2.17. The summed E-state index contributed by atoms with van der Waals surface area (Å²) in [5.41, 5.74) is 0.603. The first-order chi connectivity index (χ1) is 10.8. The molecule has 1 aromatic carbocycles. The van der Waals surface area contributed by atoms with Crippen LogP contribution in [0.15, 0.2) is 24.3 Å². The van der Waals surface area contributed by atoms with Crippen molar-refractivity contribution in [1.82, 2.24) is 5.32 Å². The number of nitrogens with zero attached hydrogens (tertiary/aromatic N) is 1. The minimum atomic E-state index is -3.29. The number of benzene rings is 1. The molecular formula is C16H22N2O3S2. The van der Waals surface area contributed by atoms with Crippen molar-refractivity contribution in [2.45, 2.75) is 33.2 Å². The van der Waals surface area contributed by atoms with Gasteiger partial charge in [-0.25, -0.2) is 8.42 Å². The van der Waals surface area contributed by atoms with Crippen LogP contribution in [-0.2, 0) is 10.0 Å². The number of nitrogens with one attached hydrogen (secondary N) is 1. The molecule has 0 fully saturated rings. The summed E-state index contributed by atoms with van der Waals surface area (Å²) in [6.45, 7) is 5.60. The lowest BCUT2D eigenvalue weighted by Gasteiger charge is -2.18. The first-order valence-electron chi connectivity index (χ1n) is 7.59. The van der Waals surface area contributed by atoms with Crippen molar-refractivity contribution in [3.8, 4) is 0 Å². The molecule has 0 saturated heterocycles. The number of carbonyl (C=O) groups excluding carboxylic acids is 1. The molecule has 0 spiro atoms. The van der Waals surface area contributed by atoms with Crippen molar-refractivity contribution >= 4 is 43.0 Å². The number of fused-ring (bicyclic) bond motifs is 1. The van der Waals surface area contributed by atoms with Gasteiger partial charge in [-0.1, -0.05) is 6.92 Å². The van der Waals surface area contributed by atoms with Gasteiger partial charge < -0.3 is 5.32 Å². The van der Waals surface area contributed by atoms with Crippen LogP contribution in [-0.4, -0.2) is 33.2 Å². The van der Waals surface area contributed by atoms with Crippen LogP contribution in [0.4, 0.5) is 5.69 Å². The lowest BCUT2D eigenvalue weighted by molar-refractivity contribution is 0.0943. The number of amides is 1. The lowest BCUT2D eigenvalue weighted by Crippen LogP contribution is -2.31. The molecule has 1 amide bonds. The molecule has 5 nitrogen and oxygen atoms in total. The summed E-state index contributed by atoms with van der Waals surface area (Å²) in [4.78, 5) is 12.8. The van der Waals surface area contributed by atoms with E-state index in [0.29, 0.717) is 10.6 Å². The fourth-order valence-electron chi connectivity index (χ4n) is 2.09. The van der Waals surface area contributed by atoms with E-state index in [9.17, 15) is 13.2 Å². The Hall–Kier alpha value is -1.60. The van der Waals surface area contributed by atoms with Gasteiger partial charge in [-0.3, -0.25) is 9.10 Å². The highest BCUT2D eigenvalue weighted by Crippen LogP contribution is 2.30. The fourth-order valence-corrected chi connectivity index (χ4v) is 3.86. The number of hydrogen-bond acceptors (Lipinski definition) is 4. The van der Waals surface area contributed by atoms with E-state index in [-0.39, 0.29) is 17.7 Å². The van der Waals surface area contributed by atoms with Gasteiger partial charge in [-0.05, 0) is 49.9 Å². The molecule has 2 aromatic rings. The molecule has 1 aromatic heterocycles. The van der Waals surface area contributed by atoms with E-state index in [2.05, 4.69) is 5.32 Å². The molecule has 126 valence electrons. The van der Waals surface area contributed by atoms with Gasteiger partial charge >= 0.3 is 0 Å². The molecule has 1 N–H and O–H groups in total. The summed E-state index contributed by atoms with van der Waals surface area (Å²) in [6, 6.07) is 7.37. The van der Waals surface area contributed by atoms with Crippen molar-refractivity contribution in [3.05, 3.63) is 29.1 Å². The second-order valence-corrected chi connectivity index (χ2v) is 8.86. The predicted molar refractivity (Wildman–Crippen MR) is 96.9 cm³/mol. The standard InChI is InChI=1S/C16H22N2O3S2/c1-5-11(3)17-16(19)15-10-12-9-13(7-8-14(12)22-15)18(4)23(20,21)6-2/h7-11H,5-6H2,1-4H3,(H,17,19). The van der Waals surface area contributed by atoms with E-state index in [1.165, 1.54) is 15.6 Å². The number of hydrogen-bond donors (Lipinski definition) is 1. The maximum atomic E-state index is 12.2. The molecule has 1 heterocycles. The molecule has 0 radical (unpaired) electrons. The number of rotatable bonds is 6. The van der Waals surface area contributed by atoms with Crippen molar-refractivity contribution in [2.24, 2.45) is 0 Å². The lowest BCUT2D eigenvalue weighted by atomic mass is 10.2. The van der Waals surface area contributed by atoms with Crippen molar-refractivity contribution in [1.29, 1.82) is 0 Å². The third kappa shape index (κ3) is 3.84. The van der Waals surface area contributed by atoms with Crippen molar-refractivity contribution in [3.63, 3.8) is 0 Å². The highest BCUT2D eigenvalue weighted by molar-refractivity contribution is 7.92. The average Bonchev–Trinajstić information content (AvgIpc) is 2.97. The van der Waals surface area contributed by atoms with Gasteiger partial charge in [-0.2, -0.15) is 0 Å². The number of thiophene rings is 1. The number of sulfonamides is 1. The zero-order chi connectivity index (χ0) is 17.2.